The maximum atomic E-state index is 3.29. The molecule has 0 fully saturated rings. The molecule has 3 rings (SSSR count). The fourth-order valence-corrected chi connectivity index (χ4v) is 2.30. The van der Waals surface area contributed by atoms with Gasteiger partial charge >= 0.3 is 33.7 Å². The van der Waals surface area contributed by atoms with E-state index in [1.54, 1.807) is 21.6 Å². The average molecular weight is 503 g/mol. The molecular formula is C20H28Cl2GeZr-4. The quantitative estimate of drug-likeness (QED) is 0.282. The summed E-state index contributed by atoms with van der Waals surface area (Å²) < 4.78 is 0. The normalized spacial score (nSPS) is 13.7. The molecule has 2 aromatic carbocycles. The van der Waals surface area contributed by atoms with Crippen molar-refractivity contribution < 1.29 is 21.6 Å². The van der Waals surface area contributed by atoms with Crippen LogP contribution < -0.4 is 0 Å². The summed E-state index contributed by atoms with van der Waals surface area (Å²) in [5.74, 6) is 0.551. The summed E-state index contributed by atoms with van der Waals surface area (Å²) in [7, 11) is 0. The van der Waals surface area contributed by atoms with Crippen LogP contribution in [0.25, 0.3) is 10.8 Å². The van der Waals surface area contributed by atoms with Gasteiger partial charge < -0.3 is 14.9 Å². The van der Waals surface area contributed by atoms with Crippen molar-refractivity contribution in [2.75, 3.05) is 0 Å². The van der Waals surface area contributed by atoms with Gasteiger partial charge in [0.15, 0.2) is 0 Å². The van der Waals surface area contributed by atoms with Crippen molar-refractivity contribution in [1.29, 1.82) is 0 Å². The van der Waals surface area contributed by atoms with Gasteiger partial charge in [-0.05, 0) is 0 Å². The number of rotatable bonds is 0. The molecule has 2 radical (unpaired) electrons. The molecule has 0 amide bonds. The monoisotopic (exact) mass is 502 g/mol. The first-order valence-corrected chi connectivity index (χ1v) is 14.2. The van der Waals surface area contributed by atoms with Gasteiger partial charge in [-0.2, -0.15) is 12.1 Å². The van der Waals surface area contributed by atoms with Crippen molar-refractivity contribution in [3.05, 3.63) is 80.1 Å². The molecule has 0 nitrogen and oxygen atoms in total. The second kappa shape index (κ2) is 16.8. The van der Waals surface area contributed by atoms with Gasteiger partial charge in [-0.1, -0.05) is 32.8 Å². The maximum absolute atomic E-state index is 3.29. The van der Waals surface area contributed by atoms with Gasteiger partial charge in [-0.25, -0.2) is 11.1 Å². The van der Waals surface area contributed by atoms with Crippen LogP contribution in [0.3, 0.4) is 0 Å². The summed E-state index contributed by atoms with van der Waals surface area (Å²) in [6, 6.07) is 12.8. The van der Waals surface area contributed by atoms with E-state index < -0.39 is 0 Å². The summed E-state index contributed by atoms with van der Waals surface area (Å²) >= 11 is 3.64. The van der Waals surface area contributed by atoms with Crippen LogP contribution in [0.15, 0.2) is 53.6 Å². The molecule has 24 heavy (non-hydrogen) atoms. The predicted molar refractivity (Wildman–Crippen MR) is 113 cm³/mol. The first kappa shape index (κ1) is 32.0. The number of allylic oxidation sites excluding steroid dienone is 4. The van der Waals surface area contributed by atoms with E-state index in [9.17, 15) is 0 Å². The minimum absolute atomic E-state index is 0. The van der Waals surface area contributed by atoms with Crippen molar-refractivity contribution in [3.8, 4) is 0 Å². The zero-order chi connectivity index (χ0) is 15.1. The molecule has 1 aliphatic carbocycles. The molecule has 0 spiro atoms. The van der Waals surface area contributed by atoms with E-state index in [0.717, 1.165) is 0 Å². The summed E-state index contributed by atoms with van der Waals surface area (Å²) in [6.45, 7) is 8.52. The zero-order valence-corrected chi connectivity index (χ0v) is 21.6. The SMILES string of the molecule is CC1=[C-]C(C)C=C1C.Cc1cc2ccccc2[cH-]1.Cl.Cl.[CH3-].[CH3-].[Ge]=[Zr]. The van der Waals surface area contributed by atoms with Gasteiger partial charge in [0.05, 0.1) is 0 Å². The zero-order valence-electron chi connectivity index (χ0n) is 15.4. The average Bonchev–Trinajstić information content (AvgIpc) is 2.94. The number of halogens is 2. The van der Waals surface area contributed by atoms with Crippen LogP contribution in [0, 0.1) is 33.8 Å². The second-order valence-electron chi connectivity index (χ2n) is 5.07. The van der Waals surface area contributed by atoms with Crippen LogP contribution in [0.1, 0.15) is 26.3 Å². The summed E-state index contributed by atoms with van der Waals surface area (Å²) in [6.07, 6.45) is 5.52. The van der Waals surface area contributed by atoms with Crippen molar-refractivity contribution >= 4 is 47.7 Å². The van der Waals surface area contributed by atoms with E-state index in [0.29, 0.717) is 5.92 Å². The molecule has 0 aliphatic heterocycles. The Bertz CT molecular complexity index is 578. The number of fused-ring (bicyclic) bond motifs is 1. The van der Waals surface area contributed by atoms with Crippen molar-refractivity contribution in [3.63, 3.8) is 0 Å². The van der Waals surface area contributed by atoms with Crippen LogP contribution in [0.4, 0.5) is 0 Å². The summed E-state index contributed by atoms with van der Waals surface area (Å²) in [4.78, 5) is 0. The molecule has 0 saturated carbocycles. The molecule has 0 saturated heterocycles. The minimum atomic E-state index is 0. The second-order valence-corrected chi connectivity index (χ2v) is 5.07. The summed E-state index contributed by atoms with van der Waals surface area (Å²) in [5, 5.41) is 2.69. The Morgan fingerprint density at radius 3 is 1.96 bits per heavy atom. The first-order chi connectivity index (χ1) is 9.56. The topological polar surface area (TPSA) is 0 Å². The first-order valence-electron chi connectivity index (χ1n) is 6.72. The molecule has 0 heterocycles. The number of aryl methyl sites for hydroxylation is 1. The molecule has 1 unspecified atom stereocenters. The van der Waals surface area contributed by atoms with Gasteiger partial charge in [0.2, 0.25) is 0 Å². The van der Waals surface area contributed by atoms with Gasteiger partial charge in [-0.15, -0.1) is 72.3 Å². The molecule has 2 aromatic rings. The van der Waals surface area contributed by atoms with Crippen LogP contribution in [-0.2, 0) is 21.6 Å². The van der Waals surface area contributed by atoms with Gasteiger partial charge in [-0.3, -0.25) is 6.08 Å². The van der Waals surface area contributed by atoms with Crippen LogP contribution >= 0.6 is 24.8 Å². The van der Waals surface area contributed by atoms with E-state index >= 15 is 0 Å². The van der Waals surface area contributed by atoms with Crippen molar-refractivity contribution in [1.82, 2.24) is 0 Å². The molecular weight excluding hydrogens is 475 g/mol. The third-order valence-corrected chi connectivity index (χ3v) is 3.30. The van der Waals surface area contributed by atoms with Gasteiger partial charge in [0.25, 0.3) is 0 Å². The molecule has 0 aromatic heterocycles. The van der Waals surface area contributed by atoms with Crippen LogP contribution in [-0.4, -0.2) is 12.1 Å². The van der Waals surface area contributed by atoms with Crippen LogP contribution in [0.5, 0.6) is 0 Å². The van der Waals surface area contributed by atoms with E-state index in [1.807, 2.05) is 0 Å². The van der Waals surface area contributed by atoms with E-state index in [2.05, 4.69) is 88.4 Å². The Kier molecular flexibility index (Phi) is 22.4. The molecule has 0 bridgehead atoms. The Morgan fingerprint density at radius 1 is 1.04 bits per heavy atom. The number of benzene rings is 1. The standard InChI is InChI=1S/C10H9.C8H11.2CH3.2ClH.Ge.Zr/c1-8-6-9-4-2-3-5-10(9)7-8;1-6-4-7(2)8(3)5-6;;;;;;/h2-7H,1H3;4,6H,1-3H3;2*1H3;2*1H;;/q4*-1;;;;. The van der Waals surface area contributed by atoms with E-state index in [1.165, 1.54) is 27.5 Å². The Balaban J connectivity index is -0.000000133. The Labute approximate surface area is 181 Å². The predicted octanol–water partition coefficient (Wildman–Crippen LogP) is 6.56. The van der Waals surface area contributed by atoms with E-state index in [-0.39, 0.29) is 39.7 Å². The van der Waals surface area contributed by atoms with Gasteiger partial charge in [0, 0.05) is 0 Å². The third kappa shape index (κ3) is 10.3. The third-order valence-electron chi connectivity index (χ3n) is 3.30. The van der Waals surface area contributed by atoms with E-state index in [4.69, 9.17) is 0 Å². The number of hydrogen-bond donors (Lipinski definition) is 0. The Morgan fingerprint density at radius 2 is 1.58 bits per heavy atom. The molecule has 4 heteroatoms. The van der Waals surface area contributed by atoms with Crippen molar-refractivity contribution in [2.45, 2.75) is 27.7 Å². The van der Waals surface area contributed by atoms with Crippen molar-refractivity contribution in [2.24, 2.45) is 5.92 Å². The fourth-order valence-electron chi connectivity index (χ4n) is 2.30. The van der Waals surface area contributed by atoms with Gasteiger partial charge in [0.1, 0.15) is 0 Å². The number of hydrogen-bond acceptors (Lipinski definition) is 0. The molecule has 134 valence electrons. The summed E-state index contributed by atoms with van der Waals surface area (Å²) in [5.41, 5.74) is 4.05. The van der Waals surface area contributed by atoms with Crippen LogP contribution in [0.2, 0.25) is 0 Å². The fraction of sp³-hybridized carbons (Fsp3) is 0.250. The molecule has 0 N–H and O–H groups in total. The molecule has 1 atom stereocenters. The molecule has 1 aliphatic rings. The Hall–Kier alpha value is 0.316.